The molecule has 1 heterocycles. The number of carbonyl (C=O) groups is 1. The third-order valence-electron chi connectivity index (χ3n) is 4.05. The maximum absolute atomic E-state index is 13.9. The molecule has 6 nitrogen and oxygen atoms in total. The molecule has 2 aromatic rings. The molecular formula is C18H17FN2O4S. The van der Waals surface area contributed by atoms with Crippen LogP contribution in [0.25, 0.3) is 0 Å². The lowest BCUT2D eigenvalue weighted by molar-refractivity contribution is -0.385. The van der Waals surface area contributed by atoms with Crippen molar-refractivity contribution < 1.29 is 18.8 Å². The number of thioether (sulfide) groups is 1. The molecule has 0 saturated heterocycles. The minimum absolute atomic E-state index is 0.121. The Morgan fingerprint density at radius 3 is 2.96 bits per heavy atom. The van der Waals surface area contributed by atoms with Crippen molar-refractivity contribution in [3.05, 3.63) is 63.5 Å². The van der Waals surface area contributed by atoms with Crippen LogP contribution in [-0.4, -0.2) is 23.2 Å². The Hall–Kier alpha value is -2.61. The van der Waals surface area contributed by atoms with E-state index in [1.807, 2.05) is 0 Å². The van der Waals surface area contributed by atoms with Gasteiger partial charge in [0.05, 0.1) is 17.6 Å². The zero-order valence-electron chi connectivity index (χ0n) is 14.0. The third-order valence-corrected chi connectivity index (χ3v) is 5.21. The maximum Gasteiger partial charge on any atom is 0.311 e. The first kappa shape index (κ1) is 18.2. The van der Waals surface area contributed by atoms with E-state index >= 15 is 0 Å². The van der Waals surface area contributed by atoms with Crippen molar-refractivity contribution in [1.29, 1.82) is 0 Å². The van der Waals surface area contributed by atoms with Gasteiger partial charge in [-0.05, 0) is 37.1 Å². The Kier molecular flexibility index (Phi) is 5.41. The van der Waals surface area contributed by atoms with Crippen LogP contribution >= 0.6 is 11.8 Å². The van der Waals surface area contributed by atoms with Crippen molar-refractivity contribution in [2.75, 3.05) is 12.4 Å². The molecule has 8 heteroatoms. The van der Waals surface area contributed by atoms with Crippen molar-refractivity contribution in [3.8, 4) is 5.75 Å². The molecule has 1 N–H and O–H groups in total. The van der Waals surface area contributed by atoms with Crippen LogP contribution in [0.1, 0.15) is 35.3 Å². The summed E-state index contributed by atoms with van der Waals surface area (Å²) in [4.78, 5) is 23.8. The summed E-state index contributed by atoms with van der Waals surface area (Å²) in [7, 11) is 0. The molecule has 1 aliphatic heterocycles. The van der Waals surface area contributed by atoms with Crippen LogP contribution in [0, 0.1) is 15.9 Å². The van der Waals surface area contributed by atoms with Gasteiger partial charge in [-0.25, -0.2) is 4.39 Å². The molecule has 0 unspecified atom stereocenters. The second-order valence-corrected chi connectivity index (χ2v) is 6.80. The first-order valence-corrected chi connectivity index (χ1v) is 9.13. The Balaban J connectivity index is 1.85. The highest BCUT2D eigenvalue weighted by Crippen LogP contribution is 2.38. The van der Waals surface area contributed by atoms with Gasteiger partial charge in [0.15, 0.2) is 5.75 Å². The van der Waals surface area contributed by atoms with Crippen molar-refractivity contribution >= 4 is 23.4 Å². The Morgan fingerprint density at radius 1 is 1.42 bits per heavy atom. The first-order chi connectivity index (χ1) is 12.5. The summed E-state index contributed by atoms with van der Waals surface area (Å²) >= 11 is 1.42. The van der Waals surface area contributed by atoms with E-state index in [0.717, 1.165) is 5.56 Å². The summed E-state index contributed by atoms with van der Waals surface area (Å²) in [6.45, 7) is 2.01. The van der Waals surface area contributed by atoms with Crippen LogP contribution in [0.4, 0.5) is 10.1 Å². The fourth-order valence-corrected chi connectivity index (χ4v) is 4.00. The number of amides is 1. The molecule has 26 heavy (non-hydrogen) atoms. The molecule has 0 spiro atoms. The van der Waals surface area contributed by atoms with Crippen LogP contribution in [-0.2, 0) is 0 Å². The number of carbonyl (C=O) groups excluding carboxylic acids is 1. The second kappa shape index (κ2) is 7.74. The van der Waals surface area contributed by atoms with Gasteiger partial charge in [0.25, 0.3) is 5.91 Å². The van der Waals surface area contributed by atoms with Gasteiger partial charge in [0.2, 0.25) is 0 Å². The average molecular weight is 376 g/mol. The zero-order chi connectivity index (χ0) is 18.7. The van der Waals surface area contributed by atoms with Crippen LogP contribution in [0.15, 0.2) is 41.3 Å². The van der Waals surface area contributed by atoms with Crippen LogP contribution in [0.5, 0.6) is 5.75 Å². The number of hydrogen-bond acceptors (Lipinski definition) is 5. The highest BCUT2D eigenvalue weighted by molar-refractivity contribution is 7.99. The predicted octanol–water partition coefficient (Wildman–Crippen LogP) is 4.10. The topological polar surface area (TPSA) is 81.5 Å². The molecule has 1 aliphatic rings. The van der Waals surface area contributed by atoms with E-state index in [0.29, 0.717) is 17.1 Å². The van der Waals surface area contributed by atoms with Gasteiger partial charge >= 0.3 is 5.69 Å². The Labute approximate surface area is 153 Å². The molecule has 0 aromatic heterocycles. The monoisotopic (exact) mass is 376 g/mol. The predicted molar refractivity (Wildman–Crippen MR) is 96.2 cm³/mol. The summed E-state index contributed by atoms with van der Waals surface area (Å²) in [5.74, 6) is 0.0596. The maximum atomic E-state index is 13.9. The van der Waals surface area contributed by atoms with Gasteiger partial charge in [-0.3, -0.25) is 14.9 Å². The number of nitro groups is 1. The molecule has 2 aromatic carbocycles. The van der Waals surface area contributed by atoms with Crippen molar-refractivity contribution in [3.63, 3.8) is 0 Å². The molecule has 3 rings (SSSR count). The summed E-state index contributed by atoms with van der Waals surface area (Å²) in [5, 5.41) is 14.1. The molecule has 0 bridgehead atoms. The lowest BCUT2D eigenvalue weighted by atomic mass is 10.0. The van der Waals surface area contributed by atoms with Gasteiger partial charge in [0.1, 0.15) is 5.82 Å². The van der Waals surface area contributed by atoms with E-state index in [2.05, 4.69) is 5.32 Å². The van der Waals surface area contributed by atoms with Gasteiger partial charge < -0.3 is 10.1 Å². The van der Waals surface area contributed by atoms with Gasteiger partial charge in [-0.15, -0.1) is 11.8 Å². The van der Waals surface area contributed by atoms with E-state index in [-0.39, 0.29) is 35.5 Å². The minimum Gasteiger partial charge on any atom is -0.487 e. The van der Waals surface area contributed by atoms with Crippen LogP contribution < -0.4 is 10.1 Å². The summed E-state index contributed by atoms with van der Waals surface area (Å²) in [5.41, 5.74) is 0.636. The number of nitrogens with zero attached hydrogens (tertiary/aromatic N) is 1. The lowest BCUT2D eigenvalue weighted by Gasteiger charge is -2.26. The minimum atomic E-state index is -0.580. The number of benzene rings is 2. The number of hydrogen-bond donors (Lipinski definition) is 1. The highest BCUT2D eigenvalue weighted by Gasteiger charge is 2.26. The average Bonchev–Trinajstić information content (AvgIpc) is 2.63. The van der Waals surface area contributed by atoms with Crippen LogP contribution in [0.2, 0.25) is 0 Å². The van der Waals surface area contributed by atoms with Gasteiger partial charge in [-0.1, -0.05) is 12.1 Å². The largest absolute Gasteiger partial charge is 0.487 e. The fraction of sp³-hybridized carbons (Fsp3) is 0.278. The van der Waals surface area contributed by atoms with Gasteiger partial charge in [-0.2, -0.15) is 0 Å². The van der Waals surface area contributed by atoms with Crippen molar-refractivity contribution in [2.45, 2.75) is 24.3 Å². The molecule has 136 valence electrons. The SMILES string of the molecule is CCOc1ccc(C(=O)N[C@@H]2CCSc3c(F)cccc32)cc1[N+](=O)[O-]. The molecular weight excluding hydrogens is 359 g/mol. The quantitative estimate of drug-likeness (QED) is 0.628. The molecule has 1 atom stereocenters. The number of nitro benzene ring substituents is 1. The van der Waals surface area contributed by atoms with Gasteiger partial charge in [0, 0.05) is 22.3 Å². The normalized spacial score (nSPS) is 15.8. The van der Waals surface area contributed by atoms with E-state index in [1.165, 1.54) is 36.0 Å². The number of halogens is 1. The number of rotatable bonds is 5. The fourth-order valence-electron chi connectivity index (χ4n) is 2.86. The number of ether oxygens (including phenoxy) is 1. The number of fused-ring (bicyclic) bond motifs is 1. The zero-order valence-corrected chi connectivity index (χ0v) is 14.8. The lowest BCUT2D eigenvalue weighted by Crippen LogP contribution is -2.30. The van der Waals surface area contributed by atoms with Crippen molar-refractivity contribution in [1.82, 2.24) is 5.32 Å². The summed E-state index contributed by atoms with van der Waals surface area (Å²) in [6, 6.07) is 8.56. The van der Waals surface area contributed by atoms with Crippen molar-refractivity contribution in [2.24, 2.45) is 0 Å². The van der Waals surface area contributed by atoms with E-state index < -0.39 is 10.8 Å². The molecule has 0 aliphatic carbocycles. The standard InChI is InChI=1S/C18H17FN2O4S/c1-2-25-16-7-6-11(10-15(16)21(23)24)18(22)20-14-8-9-26-17-12(14)4-3-5-13(17)19/h3-7,10,14H,2,8-9H2,1H3,(H,20,22)/t14-/m1/s1. The Morgan fingerprint density at radius 2 is 2.23 bits per heavy atom. The molecule has 0 fully saturated rings. The van der Waals surface area contributed by atoms with E-state index in [9.17, 15) is 19.3 Å². The third kappa shape index (κ3) is 3.65. The smallest absolute Gasteiger partial charge is 0.311 e. The van der Waals surface area contributed by atoms with Crippen LogP contribution in [0.3, 0.4) is 0 Å². The molecule has 0 radical (unpaired) electrons. The Bertz CT molecular complexity index is 859. The highest BCUT2D eigenvalue weighted by atomic mass is 32.2. The summed E-state index contributed by atoms with van der Waals surface area (Å²) < 4.78 is 19.2. The molecule has 0 saturated carbocycles. The molecule has 1 amide bonds. The second-order valence-electron chi connectivity index (χ2n) is 5.69. The first-order valence-electron chi connectivity index (χ1n) is 8.14. The summed E-state index contributed by atoms with van der Waals surface area (Å²) in [6.07, 6.45) is 0.659. The van der Waals surface area contributed by atoms with E-state index in [1.54, 1.807) is 19.1 Å². The van der Waals surface area contributed by atoms with E-state index in [4.69, 9.17) is 4.74 Å². The number of nitrogens with one attached hydrogen (secondary N) is 1.